The fraction of sp³-hybridized carbons (Fsp3) is 0.556. The van der Waals surface area contributed by atoms with Gasteiger partial charge in [-0.05, 0) is 13.8 Å². The fourth-order valence-corrected chi connectivity index (χ4v) is 1.44. The Labute approximate surface area is 76.2 Å². The number of rotatable bonds is 2. The van der Waals surface area contributed by atoms with E-state index in [2.05, 4.69) is 0 Å². The summed E-state index contributed by atoms with van der Waals surface area (Å²) in [6.45, 7) is 4.19. The Morgan fingerprint density at radius 3 is 2.31 bits per heavy atom. The minimum atomic E-state index is -0.322. The van der Waals surface area contributed by atoms with E-state index in [1.807, 2.05) is 13.8 Å². The van der Waals surface area contributed by atoms with Gasteiger partial charge in [0.2, 0.25) is 0 Å². The summed E-state index contributed by atoms with van der Waals surface area (Å²) in [4.78, 5) is 23.5. The lowest BCUT2D eigenvalue weighted by atomic mass is 10.1. The average molecular weight is 181 g/mol. The molecule has 0 saturated carbocycles. The van der Waals surface area contributed by atoms with E-state index >= 15 is 0 Å². The highest BCUT2D eigenvalue weighted by molar-refractivity contribution is 6.12. The largest absolute Gasteiger partial charge is 0.365 e. The lowest BCUT2D eigenvalue weighted by molar-refractivity contribution is -0.137. The molecular formula is C9H11NO3. The second kappa shape index (κ2) is 2.42. The predicted molar refractivity (Wildman–Crippen MR) is 44.8 cm³/mol. The van der Waals surface area contributed by atoms with Crippen molar-refractivity contribution in [2.75, 3.05) is 6.54 Å². The van der Waals surface area contributed by atoms with E-state index < -0.39 is 0 Å². The molecule has 2 aliphatic rings. The van der Waals surface area contributed by atoms with Gasteiger partial charge in [-0.25, -0.2) is 0 Å². The number of amides is 2. The van der Waals surface area contributed by atoms with Crippen molar-refractivity contribution in [3.8, 4) is 0 Å². The molecule has 1 fully saturated rings. The number of hydrogen-bond donors (Lipinski definition) is 0. The first-order chi connectivity index (χ1) is 6.03. The third-order valence-corrected chi connectivity index (χ3v) is 2.62. The van der Waals surface area contributed by atoms with Gasteiger partial charge in [-0.2, -0.15) is 0 Å². The Hall–Kier alpha value is -1.16. The normalized spacial score (nSPS) is 37.4. The molecule has 0 bridgehead atoms. The minimum Gasteiger partial charge on any atom is -0.365 e. The van der Waals surface area contributed by atoms with Gasteiger partial charge >= 0.3 is 0 Å². The Morgan fingerprint density at radius 2 is 1.92 bits per heavy atom. The highest BCUT2D eigenvalue weighted by Crippen LogP contribution is 2.36. The second-order valence-electron chi connectivity index (χ2n) is 3.67. The first kappa shape index (κ1) is 8.44. The van der Waals surface area contributed by atoms with E-state index in [1.54, 1.807) is 0 Å². The molecule has 0 aromatic heterocycles. The molecule has 4 nitrogen and oxygen atoms in total. The molecule has 2 unspecified atom stereocenters. The molecule has 2 heterocycles. The molecule has 1 saturated heterocycles. The van der Waals surface area contributed by atoms with E-state index in [4.69, 9.17) is 4.74 Å². The lowest BCUT2D eigenvalue weighted by Gasteiger charge is -2.16. The number of hydrogen-bond acceptors (Lipinski definition) is 3. The average Bonchev–Trinajstić information content (AvgIpc) is 2.54. The van der Waals surface area contributed by atoms with Crippen molar-refractivity contribution in [1.82, 2.24) is 4.90 Å². The second-order valence-corrected chi connectivity index (χ2v) is 3.67. The molecule has 70 valence electrons. The molecular weight excluding hydrogens is 170 g/mol. The van der Waals surface area contributed by atoms with Gasteiger partial charge in [0.05, 0.1) is 12.6 Å². The summed E-state index contributed by atoms with van der Waals surface area (Å²) in [5.41, 5.74) is -0.322. The van der Waals surface area contributed by atoms with Crippen LogP contribution in [-0.2, 0) is 14.3 Å². The van der Waals surface area contributed by atoms with Crippen molar-refractivity contribution in [3.63, 3.8) is 0 Å². The van der Waals surface area contributed by atoms with Gasteiger partial charge in [0, 0.05) is 12.2 Å². The number of ether oxygens (including phenoxy) is 1. The lowest BCUT2D eigenvalue weighted by Crippen LogP contribution is -2.38. The van der Waals surface area contributed by atoms with Crippen LogP contribution in [0.5, 0.6) is 0 Å². The van der Waals surface area contributed by atoms with Crippen LogP contribution in [0, 0.1) is 0 Å². The van der Waals surface area contributed by atoms with Crippen LogP contribution in [0.3, 0.4) is 0 Å². The van der Waals surface area contributed by atoms with E-state index in [0.717, 1.165) is 0 Å². The molecule has 0 aliphatic carbocycles. The standard InChI is InChI=1S/C9H11NO3/c1-6-9(2,13-6)5-10-7(11)3-4-8(10)12/h3-4,6H,5H2,1-2H3. The van der Waals surface area contributed by atoms with E-state index in [-0.39, 0.29) is 23.5 Å². The van der Waals surface area contributed by atoms with E-state index in [0.29, 0.717) is 6.54 Å². The monoisotopic (exact) mass is 181 g/mol. The summed E-state index contributed by atoms with van der Waals surface area (Å²) in [6, 6.07) is 0. The van der Waals surface area contributed by atoms with Crippen LogP contribution in [0.1, 0.15) is 13.8 Å². The smallest absolute Gasteiger partial charge is 0.253 e. The summed E-state index contributed by atoms with van der Waals surface area (Å²) in [5.74, 6) is -0.483. The van der Waals surface area contributed by atoms with Crippen LogP contribution in [0.2, 0.25) is 0 Å². The van der Waals surface area contributed by atoms with Gasteiger partial charge in [0.1, 0.15) is 5.60 Å². The zero-order valence-corrected chi connectivity index (χ0v) is 7.61. The van der Waals surface area contributed by atoms with Crippen molar-refractivity contribution in [3.05, 3.63) is 12.2 Å². The molecule has 0 radical (unpaired) electrons. The number of carbonyl (C=O) groups is 2. The molecule has 0 aromatic carbocycles. The molecule has 2 atom stereocenters. The van der Waals surface area contributed by atoms with Crippen molar-refractivity contribution in [2.45, 2.75) is 25.6 Å². The van der Waals surface area contributed by atoms with Crippen molar-refractivity contribution in [2.24, 2.45) is 0 Å². The van der Waals surface area contributed by atoms with Gasteiger partial charge in [0.15, 0.2) is 0 Å². The Bertz CT molecular complexity index is 292. The van der Waals surface area contributed by atoms with E-state index in [1.165, 1.54) is 17.1 Å². The van der Waals surface area contributed by atoms with Crippen molar-refractivity contribution < 1.29 is 14.3 Å². The topological polar surface area (TPSA) is 49.9 Å². The molecule has 0 N–H and O–H groups in total. The van der Waals surface area contributed by atoms with Crippen molar-refractivity contribution in [1.29, 1.82) is 0 Å². The maximum Gasteiger partial charge on any atom is 0.253 e. The van der Waals surface area contributed by atoms with Gasteiger partial charge in [-0.1, -0.05) is 0 Å². The van der Waals surface area contributed by atoms with Crippen LogP contribution in [-0.4, -0.2) is 35.0 Å². The van der Waals surface area contributed by atoms with E-state index in [9.17, 15) is 9.59 Å². The predicted octanol–water partition coefficient (Wildman–Crippen LogP) is 0.0888. The minimum absolute atomic E-state index is 0.133. The molecule has 13 heavy (non-hydrogen) atoms. The number of carbonyl (C=O) groups excluding carboxylic acids is 2. The third-order valence-electron chi connectivity index (χ3n) is 2.62. The van der Waals surface area contributed by atoms with Crippen LogP contribution in [0.15, 0.2) is 12.2 Å². The van der Waals surface area contributed by atoms with Gasteiger partial charge in [-0.15, -0.1) is 0 Å². The molecule has 2 amide bonds. The highest BCUT2D eigenvalue weighted by Gasteiger charge is 2.51. The number of nitrogens with zero attached hydrogens (tertiary/aromatic N) is 1. The SMILES string of the molecule is CC1OC1(C)CN1C(=O)C=CC1=O. The van der Waals surface area contributed by atoms with Crippen LogP contribution < -0.4 is 0 Å². The summed E-state index contributed by atoms with van der Waals surface area (Å²) in [5, 5.41) is 0. The van der Waals surface area contributed by atoms with Crippen molar-refractivity contribution >= 4 is 11.8 Å². The van der Waals surface area contributed by atoms with Gasteiger partial charge < -0.3 is 4.74 Å². The number of imide groups is 1. The molecule has 2 rings (SSSR count). The van der Waals surface area contributed by atoms with Crippen LogP contribution >= 0.6 is 0 Å². The Kier molecular flexibility index (Phi) is 1.57. The zero-order valence-electron chi connectivity index (χ0n) is 7.61. The molecule has 4 heteroatoms. The fourth-order valence-electron chi connectivity index (χ4n) is 1.44. The van der Waals surface area contributed by atoms with Crippen LogP contribution in [0.4, 0.5) is 0 Å². The summed E-state index contributed by atoms with van der Waals surface area (Å²) in [6.07, 6.45) is 2.71. The zero-order chi connectivity index (χ0) is 9.64. The maximum absolute atomic E-state index is 11.2. The summed E-state index contributed by atoms with van der Waals surface area (Å²) in [7, 11) is 0. The van der Waals surface area contributed by atoms with Gasteiger partial charge in [0.25, 0.3) is 11.8 Å². The van der Waals surface area contributed by atoms with Crippen LogP contribution in [0.25, 0.3) is 0 Å². The molecule has 2 aliphatic heterocycles. The number of epoxide rings is 1. The first-order valence-corrected chi connectivity index (χ1v) is 4.24. The highest BCUT2D eigenvalue weighted by atomic mass is 16.6. The van der Waals surface area contributed by atoms with Gasteiger partial charge in [-0.3, -0.25) is 14.5 Å². The summed E-state index contributed by atoms with van der Waals surface area (Å²) < 4.78 is 5.29. The Morgan fingerprint density at radius 1 is 1.46 bits per heavy atom. The Balaban J connectivity index is 2.04. The molecule has 0 spiro atoms. The maximum atomic E-state index is 11.2. The third kappa shape index (κ3) is 1.27. The summed E-state index contributed by atoms with van der Waals surface area (Å²) >= 11 is 0. The quantitative estimate of drug-likeness (QED) is 0.448. The first-order valence-electron chi connectivity index (χ1n) is 4.24. The molecule has 0 aromatic rings.